The van der Waals surface area contributed by atoms with Gasteiger partial charge in [0, 0.05) is 12.6 Å². The van der Waals surface area contributed by atoms with Gasteiger partial charge in [-0.3, -0.25) is 4.90 Å². The minimum absolute atomic E-state index is 0.195. The van der Waals surface area contributed by atoms with Gasteiger partial charge in [0.15, 0.2) is 0 Å². The quantitative estimate of drug-likeness (QED) is 0.735. The molecule has 0 aromatic heterocycles. The second-order valence-electron chi connectivity index (χ2n) is 6.51. The van der Waals surface area contributed by atoms with Gasteiger partial charge in [0.05, 0.1) is 32.0 Å². The molecular weight excluding hydrogens is 318 g/mol. The van der Waals surface area contributed by atoms with E-state index in [-0.39, 0.29) is 12.6 Å². The van der Waals surface area contributed by atoms with Crippen LogP contribution in [-0.4, -0.2) is 58.2 Å². The number of nitrogens with zero attached hydrogens (tertiary/aromatic N) is 1. The molecule has 2 aromatic rings. The molecule has 1 heterocycles. The zero-order valence-corrected chi connectivity index (χ0v) is 14.3. The number of likely N-dealkylation sites (tertiary alicyclic amines) is 1. The number of hydrogen-bond donors (Lipinski definition) is 3. The van der Waals surface area contributed by atoms with Crippen molar-refractivity contribution in [3.63, 3.8) is 0 Å². The third-order valence-electron chi connectivity index (χ3n) is 4.99. The molecule has 25 heavy (non-hydrogen) atoms. The van der Waals surface area contributed by atoms with Gasteiger partial charge in [0.2, 0.25) is 0 Å². The molecule has 134 valence electrons. The van der Waals surface area contributed by atoms with Gasteiger partial charge in [-0.05, 0) is 29.7 Å². The highest BCUT2D eigenvalue weighted by atomic mass is 16.5. The molecule has 0 spiro atoms. The Morgan fingerprint density at radius 2 is 1.52 bits per heavy atom. The Morgan fingerprint density at radius 3 is 2.12 bits per heavy atom. The Bertz CT molecular complexity index is 661. The van der Waals surface area contributed by atoms with Crippen LogP contribution >= 0.6 is 0 Å². The molecule has 0 unspecified atom stereocenters. The molecule has 2 aromatic carbocycles. The van der Waals surface area contributed by atoms with Crippen molar-refractivity contribution in [2.75, 3.05) is 13.7 Å². The Hall–Kier alpha value is -1.92. The summed E-state index contributed by atoms with van der Waals surface area (Å²) in [5, 5.41) is 30.6. The first-order valence-electron chi connectivity index (χ1n) is 8.53. The van der Waals surface area contributed by atoms with E-state index in [0.29, 0.717) is 13.0 Å². The molecule has 0 saturated carbocycles. The molecule has 0 radical (unpaired) electrons. The summed E-state index contributed by atoms with van der Waals surface area (Å²) in [5.74, 6) is 0.782. The molecule has 1 saturated heterocycles. The lowest BCUT2D eigenvalue weighted by molar-refractivity contribution is 0.0178. The van der Waals surface area contributed by atoms with Gasteiger partial charge >= 0.3 is 0 Å². The summed E-state index contributed by atoms with van der Waals surface area (Å²) < 4.78 is 5.18. The average molecular weight is 343 g/mol. The smallest absolute Gasteiger partial charge is 0.118 e. The van der Waals surface area contributed by atoms with E-state index in [9.17, 15) is 15.3 Å². The average Bonchev–Trinajstić information content (AvgIpc) is 2.87. The predicted octanol–water partition coefficient (Wildman–Crippen LogP) is 1.20. The number of benzene rings is 2. The van der Waals surface area contributed by atoms with Crippen molar-refractivity contribution in [1.29, 1.82) is 0 Å². The van der Waals surface area contributed by atoms with Gasteiger partial charge < -0.3 is 20.1 Å². The molecule has 1 fully saturated rings. The summed E-state index contributed by atoms with van der Waals surface area (Å²) in [7, 11) is 1.62. The van der Waals surface area contributed by atoms with Crippen LogP contribution in [0, 0.1) is 0 Å². The first-order valence-corrected chi connectivity index (χ1v) is 8.53. The molecule has 3 rings (SSSR count). The van der Waals surface area contributed by atoms with E-state index in [1.807, 2.05) is 59.5 Å². The molecule has 5 heteroatoms. The first kappa shape index (κ1) is 17.9. The summed E-state index contributed by atoms with van der Waals surface area (Å²) in [6, 6.07) is 16.9. The Balaban J connectivity index is 1.82. The number of rotatable bonds is 6. The number of methoxy groups -OCH3 is 1. The van der Waals surface area contributed by atoms with Crippen molar-refractivity contribution in [1.82, 2.24) is 4.90 Å². The minimum Gasteiger partial charge on any atom is -0.497 e. The standard InChI is InChI=1S/C20H25NO4/c1-25-16-9-7-15(8-10-16)12-21-17(11-14-5-3-2-4-6-14)19(23)20(24)18(21)13-22/h2-10,17-20,22-24H,11-13H2,1H3/t17-,18+,19-,20+/m0/s1. The number of aliphatic hydroxyl groups excluding tert-OH is 3. The molecule has 0 bridgehead atoms. The van der Waals surface area contributed by atoms with E-state index in [4.69, 9.17) is 4.74 Å². The van der Waals surface area contributed by atoms with Crippen LogP contribution in [0.25, 0.3) is 0 Å². The maximum absolute atomic E-state index is 10.5. The zero-order chi connectivity index (χ0) is 17.8. The van der Waals surface area contributed by atoms with Crippen molar-refractivity contribution in [2.24, 2.45) is 0 Å². The molecule has 1 aliphatic heterocycles. The zero-order valence-electron chi connectivity index (χ0n) is 14.3. The summed E-state index contributed by atoms with van der Waals surface area (Å²) >= 11 is 0. The van der Waals surface area contributed by atoms with Crippen molar-refractivity contribution < 1.29 is 20.1 Å². The summed E-state index contributed by atoms with van der Waals surface area (Å²) in [5.41, 5.74) is 2.13. The summed E-state index contributed by atoms with van der Waals surface area (Å²) in [6.07, 6.45) is -1.24. The molecule has 1 aliphatic rings. The number of hydrogen-bond acceptors (Lipinski definition) is 5. The molecule has 0 amide bonds. The maximum Gasteiger partial charge on any atom is 0.118 e. The van der Waals surface area contributed by atoms with Gasteiger partial charge in [0.25, 0.3) is 0 Å². The normalized spacial score (nSPS) is 26.7. The van der Waals surface area contributed by atoms with Crippen LogP contribution in [0.5, 0.6) is 5.75 Å². The van der Waals surface area contributed by atoms with Crippen LogP contribution in [0.15, 0.2) is 54.6 Å². The number of ether oxygens (including phenoxy) is 1. The second-order valence-corrected chi connectivity index (χ2v) is 6.51. The van der Waals surface area contributed by atoms with E-state index >= 15 is 0 Å². The lowest BCUT2D eigenvalue weighted by Gasteiger charge is -2.30. The molecule has 5 nitrogen and oxygen atoms in total. The topological polar surface area (TPSA) is 73.2 Å². The van der Waals surface area contributed by atoms with Crippen LogP contribution < -0.4 is 4.74 Å². The third kappa shape index (κ3) is 3.85. The Labute approximate surface area is 148 Å². The highest BCUT2D eigenvalue weighted by Gasteiger charge is 2.46. The second kappa shape index (κ2) is 7.97. The summed E-state index contributed by atoms with van der Waals surface area (Å²) in [6.45, 7) is 0.348. The van der Waals surface area contributed by atoms with Crippen LogP contribution in [-0.2, 0) is 13.0 Å². The number of aliphatic hydroxyl groups is 3. The Kier molecular flexibility index (Phi) is 5.71. The fraction of sp³-hybridized carbons (Fsp3) is 0.400. The third-order valence-corrected chi connectivity index (χ3v) is 4.99. The fourth-order valence-electron chi connectivity index (χ4n) is 3.58. The van der Waals surface area contributed by atoms with E-state index < -0.39 is 18.2 Å². The highest BCUT2D eigenvalue weighted by molar-refractivity contribution is 5.27. The molecular formula is C20H25NO4. The maximum atomic E-state index is 10.5. The van der Waals surface area contributed by atoms with Gasteiger partial charge in [-0.1, -0.05) is 42.5 Å². The lowest BCUT2D eigenvalue weighted by atomic mass is 10.0. The van der Waals surface area contributed by atoms with Gasteiger partial charge in [-0.15, -0.1) is 0 Å². The monoisotopic (exact) mass is 343 g/mol. The van der Waals surface area contributed by atoms with Crippen molar-refractivity contribution in [2.45, 2.75) is 37.3 Å². The fourth-order valence-corrected chi connectivity index (χ4v) is 3.58. The van der Waals surface area contributed by atoms with Gasteiger partial charge in [0.1, 0.15) is 5.75 Å². The minimum atomic E-state index is -0.961. The van der Waals surface area contributed by atoms with Crippen molar-refractivity contribution in [3.8, 4) is 5.75 Å². The lowest BCUT2D eigenvalue weighted by Crippen LogP contribution is -2.41. The van der Waals surface area contributed by atoms with Crippen LogP contribution in [0.4, 0.5) is 0 Å². The predicted molar refractivity (Wildman–Crippen MR) is 95.4 cm³/mol. The highest BCUT2D eigenvalue weighted by Crippen LogP contribution is 2.30. The van der Waals surface area contributed by atoms with Gasteiger partial charge in [-0.25, -0.2) is 0 Å². The molecule has 4 atom stereocenters. The molecule has 0 aliphatic carbocycles. The largest absolute Gasteiger partial charge is 0.497 e. The Morgan fingerprint density at radius 1 is 0.880 bits per heavy atom. The van der Waals surface area contributed by atoms with E-state index in [1.165, 1.54) is 0 Å². The van der Waals surface area contributed by atoms with Crippen LogP contribution in [0.3, 0.4) is 0 Å². The first-order chi connectivity index (χ1) is 12.1. The van der Waals surface area contributed by atoms with E-state index in [0.717, 1.165) is 16.9 Å². The summed E-state index contributed by atoms with van der Waals surface area (Å²) in [4.78, 5) is 2.00. The van der Waals surface area contributed by atoms with Gasteiger partial charge in [-0.2, -0.15) is 0 Å². The van der Waals surface area contributed by atoms with Crippen molar-refractivity contribution >= 4 is 0 Å². The SMILES string of the molecule is COc1ccc(CN2[C@H](CO)[C@@H](O)[C@@H](O)[C@@H]2Cc2ccccc2)cc1. The van der Waals surface area contributed by atoms with E-state index in [2.05, 4.69) is 0 Å². The van der Waals surface area contributed by atoms with Crippen LogP contribution in [0.2, 0.25) is 0 Å². The molecule has 3 N–H and O–H groups in total. The van der Waals surface area contributed by atoms with E-state index in [1.54, 1.807) is 7.11 Å². The van der Waals surface area contributed by atoms with Crippen molar-refractivity contribution in [3.05, 3.63) is 65.7 Å². The van der Waals surface area contributed by atoms with Crippen LogP contribution in [0.1, 0.15) is 11.1 Å².